The van der Waals surface area contributed by atoms with Gasteiger partial charge in [-0.3, -0.25) is 9.59 Å². The summed E-state index contributed by atoms with van der Waals surface area (Å²) in [5.74, 6) is 0.438. The average molecular weight is 393 g/mol. The Morgan fingerprint density at radius 2 is 1.63 bits per heavy atom. The topological polar surface area (TPSA) is 77.1 Å². The van der Waals surface area contributed by atoms with E-state index in [2.05, 4.69) is 5.32 Å². The number of benzene rings is 2. The minimum Gasteiger partial charge on any atom is -0.493 e. The largest absolute Gasteiger partial charge is 0.493 e. The van der Waals surface area contributed by atoms with Gasteiger partial charge in [0.15, 0.2) is 11.5 Å². The van der Waals surface area contributed by atoms with Crippen molar-refractivity contribution in [2.75, 3.05) is 38.1 Å². The van der Waals surface area contributed by atoms with E-state index in [-0.39, 0.29) is 12.5 Å². The first kappa shape index (κ1) is 20.4. The van der Waals surface area contributed by atoms with Gasteiger partial charge < -0.3 is 24.4 Å². The first-order valence-corrected chi connectivity index (χ1v) is 8.41. The van der Waals surface area contributed by atoms with Gasteiger partial charge in [-0.2, -0.15) is 0 Å². The van der Waals surface area contributed by atoms with Crippen LogP contribution in [0.5, 0.6) is 17.2 Å². The van der Waals surface area contributed by atoms with Crippen molar-refractivity contribution in [3.05, 3.63) is 41.4 Å². The highest BCUT2D eigenvalue weighted by atomic mass is 35.5. The van der Waals surface area contributed by atoms with Gasteiger partial charge in [-0.05, 0) is 12.1 Å². The van der Waals surface area contributed by atoms with E-state index in [1.807, 2.05) is 0 Å². The SMILES string of the molecule is COc1cc(N(CC(=O)Nc2ccccc2Cl)C(C)=O)cc(OC)c1OC. The maximum Gasteiger partial charge on any atom is 0.244 e. The molecule has 8 heteroatoms. The summed E-state index contributed by atoms with van der Waals surface area (Å²) in [4.78, 5) is 25.9. The van der Waals surface area contributed by atoms with Crippen LogP contribution in [0.25, 0.3) is 0 Å². The minimum absolute atomic E-state index is 0.209. The van der Waals surface area contributed by atoms with E-state index >= 15 is 0 Å². The molecule has 144 valence electrons. The molecule has 2 aromatic carbocycles. The van der Waals surface area contributed by atoms with Crippen molar-refractivity contribution in [2.24, 2.45) is 0 Å². The molecule has 0 unspecified atom stereocenters. The molecule has 0 aliphatic rings. The third kappa shape index (κ3) is 4.83. The van der Waals surface area contributed by atoms with Gasteiger partial charge in [-0.1, -0.05) is 23.7 Å². The Morgan fingerprint density at radius 1 is 1.04 bits per heavy atom. The summed E-state index contributed by atoms with van der Waals surface area (Å²) in [7, 11) is 4.44. The zero-order valence-corrected chi connectivity index (χ0v) is 16.3. The molecule has 0 aromatic heterocycles. The van der Waals surface area contributed by atoms with Crippen molar-refractivity contribution in [1.29, 1.82) is 0 Å². The van der Waals surface area contributed by atoms with Crippen molar-refractivity contribution in [2.45, 2.75) is 6.92 Å². The van der Waals surface area contributed by atoms with Gasteiger partial charge in [-0.25, -0.2) is 0 Å². The van der Waals surface area contributed by atoms with Gasteiger partial charge in [0.25, 0.3) is 0 Å². The summed E-state index contributed by atoms with van der Waals surface area (Å²) in [5.41, 5.74) is 0.906. The molecule has 0 aliphatic heterocycles. The first-order chi connectivity index (χ1) is 12.9. The zero-order chi connectivity index (χ0) is 20.0. The second-order valence-electron chi connectivity index (χ2n) is 5.52. The van der Waals surface area contributed by atoms with Crippen molar-refractivity contribution in [1.82, 2.24) is 0 Å². The summed E-state index contributed by atoms with van der Waals surface area (Å²) >= 11 is 6.05. The van der Waals surface area contributed by atoms with Crippen LogP contribution < -0.4 is 24.4 Å². The highest BCUT2D eigenvalue weighted by Gasteiger charge is 2.21. The molecule has 2 rings (SSSR count). The number of ether oxygens (including phenoxy) is 3. The van der Waals surface area contributed by atoms with Crippen molar-refractivity contribution in [3.63, 3.8) is 0 Å². The molecule has 0 bridgehead atoms. The zero-order valence-electron chi connectivity index (χ0n) is 15.5. The maximum atomic E-state index is 12.4. The number of hydrogen-bond donors (Lipinski definition) is 1. The normalized spacial score (nSPS) is 10.1. The quantitative estimate of drug-likeness (QED) is 0.781. The van der Waals surface area contributed by atoms with E-state index in [9.17, 15) is 9.59 Å². The Labute approximate surface area is 162 Å². The lowest BCUT2D eigenvalue weighted by Gasteiger charge is -2.23. The number of para-hydroxylation sites is 1. The molecule has 0 atom stereocenters. The minimum atomic E-state index is -0.396. The number of rotatable bonds is 7. The number of carbonyl (C=O) groups is 2. The van der Waals surface area contributed by atoms with E-state index in [1.54, 1.807) is 36.4 Å². The molecule has 0 spiro atoms. The summed E-state index contributed by atoms with van der Waals surface area (Å²) in [6.45, 7) is 1.16. The predicted octanol–water partition coefficient (Wildman–Crippen LogP) is 3.36. The monoisotopic (exact) mass is 392 g/mol. The lowest BCUT2D eigenvalue weighted by Crippen LogP contribution is -2.36. The number of nitrogens with zero attached hydrogens (tertiary/aromatic N) is 1. The smallest absolute Gasteiger partial charge is 0.244 e. The molecular formula is C19H21ClN2O5. The Kier molecular flexibility index (Phi) is 6.90. The molecular weight excluding hydrogens is 372 g/mol. The molecule has 0 saturated heterocycles. The van der Waals surface area contributed by atoms with E-state index < -0.39 is 5.91 Å². The third-order valence-electron chi connectivity index (χ3n) is 3.79. The van der Waals surface area contributed by atoms with Crippen LogP contribution in [0.15, 0.2) is 36.4 Å². The number of hydrogen-bond acceptors (Lipinski definition) is 5. The molecule has 2 amide bonds. The average Bonchev–Trinajstić information content (AvgIpc) is 2.66. The van der Waals surface area contributed by atoms with Crippen LogP contribution in [-0.2, 0) is 9.59 Å². The van der Waals surface area contributed by atoms with Crippen molar-refractivity contribution in [3.8, 4) is 17.2 Å². The van der Waals surface area contributed by atoms with Gasteiger partial charge in [0.1, 0.15) is 6.54 Å². The molecule has 0 aliphatic carbocycles. The number of methoxy groups -OCH3 is 3. The molecule has 0 saturated carbocycles. The summed E-state index contributed by atoms with van der Waals surface area (Å²) < 4.78 is 15.9. The van der Waals surface area contributed by atoms with E-state index in [0.29, 0.717) is 33.6 Å². The van der Waals surface area contributed by atoms with Crippen LogP contribution in [0.3, 0.4) is 0 Å². The van der Waals surface area contributed by atoms with Crippen LogP contribution >= 0.6 is 11.6 Å². The van der Waals surface area contributed by atoms with Crippen molar-refractivity contribution >= 4 is 34.8 Å². The van der Waals surface area contributed by atoms with Gasteiger partial charge in [0.05, 0.1) is 37.7 Å². The van der Waals surface area contributed by atoms with E-state index in [1.165, 1.54) is 33.2 Å². The van der Waals surface area contributed by atoms with Crippen LogP contribution in [0.1, 0.15) is 6.92 Å². The number of anilines is 2. The lowest BCUT2D eigenvalue weighted by molar-refractivity contribution is -0.120. The van der Waals surface area contributed by atoms with Crippen LogP contribution in [0.4, 0.5) is 11.4 Å². The van der Waals surface area contributed by atoms with Gasteiger partial charge >= 0.3 is 0 Å². The summed E-state index contributed by atoms with van der Waals surface area (Å²) in [6, 6.07) is 10.1. The Hall–Kier alpha value is -2.93. The third-order valence-corrected chi connectivity index (χ3v) is 4.12. The molecule has 1 N–H and O–H groups in total. The fourth-order valence-electron chi connectivity index (χ4n) is 2.50. The number of nitrogens with one attached hydrogen (secondary N) is 1. The Morgan fingerprint density at radius 3 is 2.11 bits per heavy atom. The standard InChI is InChI=1S/C19H21ClN2O5/c1-12(23)22(11-18(24)21-15-8-6-5-7-14(15)20)13-9-16(25-2)19(27-4)17(10-13)26-3/h5-10H,11H2,1-4H3,(H,21,24). The summed E-state index contributed by atoms with van der Waals surface area (Å²) in [5, 5.41) is 3.10. The molecule has 27 heavy (non-hydrogen) atoms. The second-order valence-corrected chi connectivity index (χ2v) is 5.92. The molecule has 0 radical (unpaired) electrons. The van der Waals surface area contributed by atoms with Gasteiger partial charge in [-0.15, -0.1) is 0 Å². The Bertz CT molecular complexity index is 816. The molecule has 0 heterocycles. The van der Waals surface area contributed by atoms with E-state index in [0.717, 1.165) is 0 Å². The van der Waals surface area contributed by atoms with Crippen LogP contribution in [-0.4, -0.2) is 39.7 Å². The lowest BCUT2D eigenvalue weighted by atomic mass is 10.2. The van der Waals surface area contributed by atoms with Gasteiger partial charge in [0.2, 0.25) is 17.6 Å². The number of carbonyl (C=O) groups excluding carboxylic acids is 2. The molecule has 0 fully saturated rings. The van der Waals surface area contributed by atoms with Crippen LogP contribution in [0, 0.1) is 0 Å². The summed E-state index contributed by atoms with van der Waals surface area (Å²) in [6.07, 6.45) is 0. The van der Waals surface area contributed by atoms with Crippen molar-refractivity contribution < 1.29 is 23.8 Å². The van der Waals surface area contributed by atoms with Crippen LogP contribution in [0.2, 0.25) is 5.02 Å². The second kappa shape index (κ2) is 9.14. The molecule has 2 aromatic rings. The van der Waals surface area contributed by atoms with E-state index in [4.69, 9.17) is 25.8 Å². The number of amides is 2. The van der Waals surface area contributed by atoms with Gasteiger partial charge in [0, 0.05) is 19.1 Å². The number of halogens is 1. The first-order valence-electron chi connectivity index (χ1n) is 8.03. The predicted molar refractivity (Wildman–Crippen MR) is 104 cm³/mol. The fraction of sp³-hybridized carbons (Fsp3) is 0.263. The molecule has 7 nitrogen and oxygen atoms in total. The highest BCUT2D eigenvalue weighted by molar-refractivity contribution is 6.33. The highest BCUT2D eigenvalue weighted by Crippen LogP contribution is 2.41. The Balaban J connectivity index is 2.31. The maximum absolute atomic E-state index is 12.4. The fourth-order valence-corrected chi connectivity index (χ4v) is 2.69.